The van der Waals surface area contributed by atoms with Crippen LogP contribution in [0, 0.1) is 5.41 Å². The minimum atomic E-state index is -0.199. The quantitative estimate of drug-likeness (QED) is 0.848. The number of hydrogen-bond acceptors (Lipinski definition) is 2. The molecule has 2 aliphatic heterocycles. The van der Waals surface area contributed by atoms with E-state index in [1.807, 2.05) is 18.2 Å². The van der Waals surface area contributed by atoms with Crippen molar-refractivity contribution < 1.29 is 4.79 Å². The number of rotatable bonds is 3. The summed E-state index contributed by atoms with van der Waals surface area (Å²) in [6.45, 7) is 2.02. The third-order valence-corrected chi connectivity index (χ3v) is 6.57. The zero-order valence-electron chi connectivity index (χ0n) is 14.7. The lowest BCUT2D eigenvalue weighted by atomic mass is 9.78. The molecule has 1 saturated carbocycles. The first-order valence-corrected chi connectivity index (χ1v) is 9.84. The van der Waals surface area contributed by atoms with Crippen molar-refractivity contribution in [2.24, 2.45) is 5.41 Å². The van der Waals surface area contributed by atoms with Gasteiger partial charge in [-0.15, -0.1) is 12.4 Å². The minimum absolute atomic E-state index is 0. The summed E-state index contributed by atoms with van der Waals surface area (Å²) in [4.78, 5) is 16.0. The largest absolute Gasteiger partial charge is 0.335 e. The van der Waals surface area contributed by atoms with Crippen LogP contribution in [-0.2, 0) is 11.2 Å². The van der Waals surface area contributed by atoms with Crippen molar-refractivity contribution >= 4 is 29.9 Å². The first kappa shape index (κ1) is 19.0. The Hall–Kier alpha value is -0.770. The maximum atomic E-state index is 13.7. The number of carbonyl (C=O) groups is 1. The highest BCUT2D eigenvalue weighted by Gasteiger charge is 2.48. The van der Waals surface area contributed by atoms with Crippen LogP contribution < -0.4 is 5.32 Å². The van der Waals surface area contributed by atoms with Gasteiger partial charge in [0.05, 0.1) is 5.41 Å². The summed E-state index contributed by atoms with van der Waals surface area (Å²) in [5.41, 5.74) is 1.01. The lowest BCUT2D eigenvalue weighted by molar-refractivity contribution is -0.144. The Labute approximate surface area is 161 Å². The van der Waals surface area contributed by atoms with Crippen LogP contribution >= 0.6 is 24.0 Å². The Morgan fingerprint density at radius 2 is 1.96 bits per heavy atom. The molecule has 4 rings (SSSR count). The van der Waals surface area contributed by atoms with E-state index in [9.17, 15) is 4.79 Å². The monoisotopic (exact) mass is 382 g/mol. The Morgan fingerprint density at radius 3 is 2.72 bits per heavy atom. The standard InChI is InChI=1S/C20H27ClN2O.ClH/c21-16-5-3-4-15(12-16)13-20(9-1-2-10-20)19(24)23-17-6-7-18(23)14-22-11-8-17;/h3-5,12,17-18,22H,1-2,6-11,13-14H2;1H. The molecule has 1 amide bonds. The number of amides is 1. The van der Waals surface area contributed by atoms with Crippen LogP contribution in [0.15, 0.2) is 24.3 Å². The number of fused-ring (bicyclic) bond motifs is 2. The van der Waals surface area contributed by atoms with Crippen molar-refractivity contribution in [2.75, 3.05) is 13.1 Å². The summed E-state index contributed by atoms with van der Waals surface area (Å²) >= 11 is 6.18. The van der Waals surface area contributed by atoms with E-state index in [4.69, 9.17) is 11.6 Å². The molecule has 5 heteroatoms. The van der Waals surface area contributed by atoms with Gasteiger partial charge in [-0.1, -0.05) is 36.6 Å². The smallest absolute Gasteiger partial charge is 0.229 e. The first-order chi connectivity index (χ1) is 11.7. The molecule has 1 aromatic carbocycles. The predicted octanol–water partition coefficient (Wildman–Crippen LogP) is 4.22. The molecule has 2 saturated heterocycles. The Kier molecular flexibility index (Phi) is 5.97. The van der Waals surface area contributed by atoms with Gasteiger partial charge in [0.2, 0.25) is 5.91 Å². The van der Waals surface area contributed by atoms with Gasteiger partial charge in [0, 0.05) is 23.7 Å². The molecular weight excluding hydrogens is 355 g/mol. The predicted molar refractivity (Wildman–Crippen MR) is 104 cm³/mol. The van der Waals surface area contributed by atoms with Crippen molar-refractivity contribution in [3.63, 3.8) is 0 Å². The average Bonchev–Trinajstić information content (AvgIpc) is 3.11. The second-order valence-corrected chi connectivity index (χ2v) is 8.32. The third-order valence-electron chi connectivity index (χ3n) is 6.33. The second kappa shape index (κ2) is 7.85. The van der Waals surface area contributed by atoms with Gasteiger partial charge < -0.3 is 10.2 Å². The van der Waals surface area contributed by atoms with E-state index in [2.05, 4.69) is 16.3 Å². The van der Waals surface area contributed by atoms with Gasteiger partial charge >= 0.3 is 0 Å². The van der Waals surface area contributed by atoms with Gasteiger partial charge in [-0.2, -0.15) is 0 Å². The molecule has 1 aliphatic carbocycles. The minimum Gasteiger partial charge on any atom is -0.335 e. The summed E-state index contributed by atoms with van der Waals surface area (Å²) in [6, 6.07) is 8.93. The summed E-state index contributed by atoms with van der Waals surface area (Å²) in [7, 11) is 0. The highest BCUT2D eigenvalue weighted by atomic mass is 35.5. The van der Waals surface area contributed by atoms with Crippen LogP contribution in [0.4, 0.5) is 0 Å². The van der Waals surface area contributed by atoms with E-state index in [1.165, 1.54) is 24.8 Å². The highest BCUT2D eigenvalue weighted by Crippen LogP contribution is 2.45. The highest BCUT2D eigenvalue weighted by molar-refractivity contribution is 6.30. The van der Waals surface area contributed by atoms with Gasteiger partial charge in [0.25, 0.3) is 0 Å². The molecule has 3 nitrogen and oxygen atoms in total. The Balaban J connectivity index is 0.00000182. The molecule has 0 spiro atoms. The molecule has 1 aromatic rings. The SMILES string of the molecule is Cl.O=C(N1C2CCNCC1CC2)C1(Cc2cccc(Cl)c2)CCCC1. The molecule has 1 N–H and O–H groups in total. The van der Waals surface area contributed by atoms with Crippen LogP contribution in [0.5, 0.6) is 0 Å². The lowest BCUT2D eigenvalue weighted by Crippen LogP contribution is -2.50. The number of benzene rings is 1. The van der Waals surface area contributed by atoms with E-state index < -0.39 is 0 Å². The molecule has 3 fully saturated rings. The molecule has 2 bridgehead atoms. The zero-order valence-corrected chi connectivity index (χ0v) is 16.2. The van der Waals surface area contributed by atoms with Crippen molar-refractivity contribution in [2.45, 2.75) is 63.5 Å². The van der Waals surface area contributed by atoms with Crippen molar-refractivity contribution in [3.05, 3.63) is 34.9 Å². The summed E-state index contributed by atoms with van der Waals surface area (Å²) < 4.78 is 0. The lowest BCUT2D eigenvalue weighted by Gasteiger charge is -2.37. The molecule has 2 unspecified atom stereocenters. The van der Waals surface area contributed by atoms with Gasteiger partial charge in [-0.3, -0.25) is 4.79 Å². The van der Waals surface area contributed by atoms with Crippen LogP contribution in [-0.4, -0.2) is 36.0 Å². The van der Waals surface area contributed by atoms with Gasteiger partial charge in [0.1, 0.15) is 0 Å². The number of carbonyl (C=O) groups excluding carboxylic acids is 1. The van der Waals surface area contributed by atoms with Gasteiger partial charge in [-0.05, 0) is 62.8 Å². The third kappa shape index (κ3) is 3.70. The molecule has 0 radical (unpaired) electrons. The van der Waals surface area contributed by atoms with Crippen LogP contribution in [0.3, 0.4) is 0 Å². The van der Waals surface area contributed by atoms with E-state index in [1.54, 1.807) is 0 Å². The zero-order chi connectivity index (χ0) is 16.6. The fourth-order valence-electron chi connectivity index (χ4n) is 5.14. The van der Waals surface area contributed by atoms with Crippen molar-refractivity contribution in [3.8, 4) is 0 Å². The molecule has 2 heterocycles. The van der Waals surface area contributed by atoms with E-state index in [0.717, 1.165) is 50.2 Å². The number of nitrogens with zero attached hydrogens (tertiary/aromatic N) is 1. The summed E-state index contributed by atoms with van der Waals surface area (Å²) in [5, 5.41) is 4.28. The van der Waals surface area contributed by atoms with Gasteiger partial charge in [0.15, 0.2) is 0 Å². The van der Waals surface area contributed by atoms with E-state index >= 15 is 0 Å². The molecule has 3 aliphatic rings. The first-order valence-electron chi connectivity index (χ1n) is 9.46. The Morgan fingerprint density at radius 1 is 1.20 bits per heavy atom. The summed E-state index contributed by atoms with van der Waals surface area (Å²) in [5.74, 6) is 0.427. The molecular formula is C20H28Cl2N2O. The van der Waals surface area contributed by atoms with Gasteiger partial charge in [-0.25, -0.2) is 0 Å². The fourth-order valence-corrected chi connectivity index (χ4v) is 5.36. The number of halogens is 2. The summed E-state index contributed by atoms with van der Waals surface area (Å²) in [6.07, 6.45) is 8.71. The molecule has 138 valence electrons. The average molecular weight is 383 g/mol. The number of nitrogens with one attached hydrogen (secondary N) is 1. The topological polar surface area (TPSA) is 32.3 Å². The van der Waals surface area contributed by atoms with Crippen molar-refractivity contribution in [1.82, 2.24) is 10.2 Å². The second-order valence-electron chi connectivity index (χ2n) is 7.88. The maximum Gasteiger partial charge on any atom is 0.229 e. The molecule has 25 heavy (non-hydrogen) atoms. The molecule has 0 aromatic heterocycles. The Bertz CT molecular complexity index is 601. The van der Waals surface area contributed by atoms with E-state index in [-0.39, 0.29) is 17.8 Å². The number of hydrogen-bond donors (Lipinski definition) is 1. The normalized spacial score (nSPS) is 27.6. The fraction of sp³-hybridized carbons (Fsp3) is 0.650. The maximum absolute atomic E-state index is 13.7. The van der Waals surface area contributed by atoms with Crippen LogP contribution in [0.2, 0.25) is 5.02 Å². The van der Waals surface area contributed by atoms with E-state index in [0.29, 0.717) is 18.0 Å². The van der Waals surface area contributed by atoms with Crippen molar-refractivity contribution in [1.29, 1.82) is 0 Å². The molecule has 2 atom stereocenters. The van der Waals surface area contributed by atoms with Crippen LogP contribution in [0.25, 0.3) is 0 Å². The van der Waals surface area contributed by atoms with Crippen LogP contribution in [0.1, 0.15) is 50.5 Å².